The number of benzene rings is 2. The summed E-state index contributed by atoms with van der Waals surface area (Å²) in [5.74, 6) is -0.168. The van der Waals surface area contributed by atoms with Gasteiger partial charge < -0.3 is 14.5 Å². The van der Waals surface area contributed by atoms with E-state index < -0.39 is 5.82 Å². The number of carbonyl (C=O) groups excluding carboxylic acids is 1. The molecule has 4 heterocycles. The highest BCUT2D eigenvalue weighted by molar-refractivity contribution is 6.30. The Bertz CT molecular complexity index is 1550. The zero-order chi connectivity index (χ0) is 26.4. The molecule has 0 aliphatic carbocycles. The number of aromatic nitrogens is 4. The van der Waals surface area contributed by atoms with E-state index in [4.69, 9.17) is 16.6 Å². The van der Waals surface area contributed by atoms with Crippen molar-refractivity contribution >= 4 is 17.5 Å². The van der Waals surface area contributed by atoms with Crippen molar-refractivity contribution < 1.29 is 9.18 Å². The van der Waals surface area contributed by atoms with E-state index in [0.717, 1.165) is 23.5 Å². The zero-order valence-corrected chi connectivity index (χ0v) is 21.8. The van der Waals surface area contributed by atoms with Gasteiger partial charge in [-0.3, -0.25) is 14.3 Å². The number of H-pyrrole nitrogens is 1. The minimum Gasteiger partial charge on any atom is -0.337 e. The van der Waals surface area contributed by atoms with E-state index >= 15 is 0 Å². The van der Waals surface area contributed by atoms with Crippen molar-refractivity contribution in [2.75, 3.05) is 26.7 Å². The van der Waals surface area contributed by atoms with Crippen molar-refractivity contribution in [2.24, 2.45) is 0 Å². The number of halogens is 2. The summed E-state index contributed by atoms with van der Waals surface area (Å²) in [5, 5.41) is 0.313. The third kappa shape index (κ3) is 4.46. The van der Waals surface area contributed by atoms with Crippen molar-refractivity contribution in [3.8, 4) is 22.6 Å². The van der Waals surface area contributed by atoms with Crippen molar-refractivity contribution in [3.63, 3.8) is 0 Å². The summed E-state index contributed by atoms with van der Waals surface area (Å²) in [4.78, 5) is 38.0. The number of aromatic amines is 1. The van der Waals surface area contributed by atoms with E-state index in [1.807, 2.05) is 48.1 Å². The summed E-state index contributed by atoms with van der Waals surface area (Å²) >= 11 is 5.96. The quantitative estimate of drug-likeness (QED) is 0.420. The van der Waals surface area contributed by atoms with Gasteiger partial charge in [-0.1, -0.05) is 41.9 Å². The molecule has 1 fully saturated rings. The van der Waals surface area contributed by atoms with Crippen LogP contribution in [0.2, 0.25) is 5.02 Å². The number of fused-ring (bicyclic) bond motifs is 1. The second-order valence-corrected chi connectivity index (χ2v) is 10.5. The van der Waals surface area contributed by atoms with Crippen LogP contribution in [-0.2, 0) is 13.1 Å². The predicted molar refractivity (Wildman–Crippen MR) is 144 cm³/mol. The molecule has 1 saturated heterocycles. The summed E-state index contributed by atoms with van der Waals surface area (Å²) in [6.45, 7) is 2.97. The van der Waals surface area contributed by atoms with Crippen LogP contribution in [0.25, 0.3) is 22.6 Å². The molecule has 0 bridgehead atoms. The van der Waals surface area contributed by atoms with Crippen LogP contribution in [0.15, 0.2) is 59.5 Å². The molecule has 0 saturated carbocycles. The van der Waals surface area contributed by atoms with Crippen molar-refractivity contribution in [1.29, 1.82) is 0 Å². The van der Waals surface area contributed by atoms with E-state index in [0.29, 0.717) is 61.1 Å². The summed E-state index contributed by atoms with van der Waals surface area (Å²) < 4.78 is 18.5. The van der Waals surface area contributed by atoms with Gasteiger partial charge in [0.1, 0.15) is 11.6 Å². The van der Waals surface area contributed by atoms with Gasteiger partial charge in [0.25, 0.3) is 5.91 Å². The largest absolute Gasteiger partial charge is 0.337 e. The first-order valence-electron chi connectivity index (χ1n) is 12.8. The number of rotatable bonds is 4. The smallest absolute Gasteiger partial charge is 0.326 e. The highest BCUT2D eigenvalue weighted by Gasteiger charge is 2.32. The lowest BCUT2D eigenvalue weighted by atomic mass is 10.0. The molecule has 38 heavy (non-hydrogen) atoms. The molecule has 2 aliphatic rings. The number of piperidine rings is 1. The summed E-state index contributed by atoms with van der Waals surface area (Å²) in [7, 11) is 2.00. The predicted octanol–water partition coefficient (Wildman–Crippen LogP) is 4.42. The van der Waals surface area contributed by atoms with Crippen LogP contribution in [0.3, 0.4) is 0 Å². The van der Waals surface area contributed by atoms with Crippen LogP contribution in [-0.4, -0.2) is 61.5 Å². The van der Waals surface area contributed by atoms with Crippen molar-refractivity contribution in [1.82, 2.24) is 28.9 Å². The molecule has 6 rings (SSSR count). The van der Waals surface area contributed by atoms with Crippen molar-refractivity contribution in [2.45, 2.75) is 32.0 Å². The lowest BCUT2D eigenvalue weighted by Crippen LogP contribution is -2.41. The molecular formula is C28H28ClFN6O2. The fourth-order valence-corrected chi connectivity index (χ4v) is 5.64. The second-order valence-electron chi connectivity index (χ2n) is 10.0. The number of amides is 1. The molecule has 0 spiro atoms. The van der Waals surface area contributed by atoms with Crippen LogP contribution < -0.4 is 5.69 Å². The Labute approximate surface area is 224 Å². The summed E-state index contributed by atoms with van der Waals surface area (Å²) in [6.07, 6.45) is 3.19. The molecule has 0 radical (unpaired) electrons. The molecule has 8 nitrogen and oxygen atoms in total. The minimum atomic E-state index is -0.462. The lowest BCUT2D eigenvalue weighted by Gasteiger charge is -2.32. The standard InChI is InChI=1S/C28H28ClFN6O2/c1-33-13-14-35-24(17-33)25(32-26(35)21-8-7-19(29)15-22(21)30)27(37)34-11-9-20(10-12-34)36-16-23(31-28(36)38)18-5-3-2-4-6-18/h2-8,15-16,20H,9-14,17H2,1H3,(H,31,38). The van der Waals surface area contributed by atoms with Gasteiger partial charge in [-0.2, -0.15) is 0 Å². The molecule has 0 unspecified atom stereocenters. The monoisotopic (exact) mass is 534 g/mol. The van der Waals surface area contributed by atoms with Gasteiger partial charge in [-0.25, -0.2) is 14.2 Å². The Kier molecular flexibility index (Phi) is 6.41. The molecule has 10 heteroatoms. The highest BCUT2D eigenvalue weighted by Crippen LogP contribution is 2.31. The molecular weight excluding hydrogens is 507 g/mol. The highest BCUT2D eigenvalue weighted by atomic mass is 35.5. The molecule has 2 aliphatic heterocycles. The normalized spacial score (nSPS) is 16.6. The van der Waals surface area contributed by atoms with Gasteiger partial charge >= 0.3 is 5.69 Å². The number of imidazole rings is 2. The Hall–Kier alpha value is -3.69. The first kappa shape index (κ1) is 24.6. The third-order valence-electron chi connectivity index (χ3n) is 7.55. The van der Waals surface area contributed by atoms with Crippen molar-refractivity contribution in [3.05, 3.63) is 87.4 Å². The summed E-state index contributed by atoms with van der Waals surface area (Å²) in [5.41, 5.74) is 3.09. The van der Waals surface area contributed by atoms with E-state index in [9.17, 15) is 14.0 Å². The zero-order valence-electron chi connectivity index (χ0n) is 21.0. The Balaban J connectivity index is 1.24. The van der Waals surface area contributed by atoms with Gasteiger partial charge in [0.15, 0.2) is 5.69 Å². The summed E-state index contributed by atoms with van der Waals surface area (Å²) in [6, 6.07) is 14.3. The molecule has 2 aromatic heterocycles. The van der Waals surface area contributed by atoms with Crippen LogP contribution in [0.4, 0.5) is 4.39 Å². The number of likely N-dealkylation sites (tertiary alicyclic amines) is 1. The Morgan fingerprint density at radius 2 is 1.84 bits per heavy atom. The Morgan fingerprint density at radius 3 is 2.58 bits per heavy atom. The molecule has 196 valence electrons. The number of carbonyl (C=O) groups is 1. The van der Waals surface area contributed by atoms with Crippen LogP contribution >= 0.6 is 11.6 Å². The molecule has 1 amide bonds. The maximum atomic E-state index is 14.8. The van der Waals surface area contributed by atoms with Gasteiger partial charge in [0.2, 0.25) is 0 Å². The van der Waals surface area contributed by atoms with Gasteiger partial charge in [0, 0.05) is 50.0 Å². The van der Waals surface area contributed by atoms with Crippen LogP contribution in [0.1, 0.15) is 35.1 Å². The fourth-order valence-electron chi connectivity index (χ4n) is 5.48. The van der Waals surface area contributed by atoms with Gasteiger partial charge in [-0.05, 0) is 43.7 Å². The SMILES string of the molecule is CN1CCn2c(-c3ccc(Cl)cc3F)nc(C(=O)N3CCC(n4cc(-c5ccccc5)[nH]c4=O)CC3)c2C1. The fraction of sp³-hybridized carbons (Fsp3) is 0.321. The van der Waals surface area contributed by atoms with Gasteiger partial charge in [0.05, 0.1) is 17.0 Å². The maximum Gasteiger partial charge on any atom is 0.326 e. The average Bonchev–Trinajstić information content (AvgIpc) is 3.49. The van der Waals surface area contributed by atoms with Gasteiger partial charge in [-0.15, -0.1) is 0 Å². The topological polar surface area (TPSA) is 79.2 Å². The molecule has 2 aromatic carbocycles. The molecule has 0 atom stereocenters. The van der Waals surface area contributed by atoms with E-state index in [1.54, 1.807) is 21.6 Å². The number of nitrogens with zero attached hydrogens (tertiary/aromatic N) is 5. The second kappa shape index (κ2) is 9.89. The Morgan fingerprint density at radius 1 is 1.08 bits per heavy atom. The average molecular weight is 535 g/mol. The molecule has 4 aromatic rings. The van der Waals surface area contributed by atoms with E-state index in [1.165, 1.54) is 6.07 Å². The van der Waals surface area contributed by atoms with Crippen LogP contribution in [0.5, 0.6) is 0 Å². The van der Waals surface area contributed by atoms with E-state index in [2.05, 4.69) is 9.88 Å². The van der Waals surface area contributed by atoms with E-state index in [-0.39, 0.29) is 17.6 Å². The first-order valence-corrected chi connectivity index (χ1v) is 13.2. The molecule has 1 N–H and O–H groups in total. The number of nitrogens with one attached hydrogen (secondary N) is 1. The third-order valence-corrected chi connectivity index (χ3v) is 7.78. The number of hydrogen-bond donors (Lipinski definition) is 1. The van der Waals surface area contributed by atoms with Crippen LogP contribution in [0, 0.1) is 5.82 Å². The minimum absolute atomic E-state index is 0.000955. The lowest BCUT2D eigenvalue weighted by molar-refractivity contribution is 0.0685. The number of likely N-dealkylation sites (N-methyl/N-ethyl adjacent to an activating group) is 1. The number of hydrogen-bond acceptors (Lipinski definition) is 4. The maximum absolute atomic E-state index is 14.8. The first-order chi connectivity index (χ1) is 18.4.